The number of benzene rings is 2. The first-order valence-corrected chi connectivity index (χ1v) is 9.57. The molecule has 0 radical (unpaired) electrons. The van der Waals surface area contributed by atoms with E-state index in [-0.39, 0.29) is 23.2 Å². The Bertz CT molecular complexity index is 1100. The molecular weight excluding hydrogens is 427 g/mol. The Morgan fingerprint density at radius 2 is 1.50 bits per heavy atom. The Balaban J connectivity index is 1.69. The second-order valence-corrected chi connectivity index (χ2v) is 8.21. The molecule has 10 heteroatoms. The fourth-order valence-corrected chi connectivity index (χ4v) is 3.18. The van der Waals surface area contributed by atoms with Crippen LogP contribution in [0, 0.1) is 0 Å². The summed E-state index contributed by atoms with van der Waals surface area (Å²) in [7, 11) is 0. The minimum absolute atomic E-state index is 0.147. The number of imide groups is 1. The van der Waals surface area contributed by atoms with Crippen LogP contribution in [-0.4, -0.2) is 40.2 Å². The van der Waals surface area contributed by atoms with Gasteiger partial charge in [0, 0.05) is 23.3 Å². The molecule has 1 heterocycles. The zero-order chi connectivity index (χ0) is 23.8. The van der Waals surface area contributed by atoms with E-state index in [1.807, 2.05) is 0 Å². The van der Waals surface area contributed by atoms with Gasteiger partial charge in [-0.3, -0.25) is 24.1 Å². The fraction of sp³-hybridized carbons (Fsp3) is 0.273. The summed E-state index contributed by atoms with van der Waals surface area (Å²) in [5.41, 5.74) is 0.601. The topological polar surface area (TPSA) is 95.6 Å². The van der Waals surface area contributed by atoms with Gasteiger partial charge >= 0.3 is 12.1 Å². The number of rotatable bonds is 4. The number of hydrogen-bond acceptors (Lipinski definition) is 4. The number of halogens is 3. The smallest absolute Gasteiger partial charge is 0.344 e. The summed E-state index contributed by atoms with van der Waals surface area (Å²) in [5.74, 6) is -3.46. The summed E-state index contributed by atoms with van der Waals surface area (Å²) in [5, 5.41) is 4.37. The van der Waals surface area contributed by atoms with Crippen LogP contribution in [0.2, 0.25) is 0 Å². The third-order valence-corrected chi connectivity index (χ3v) is 4.74. The average molecular weight is 447 g/mol. The first-order valence-electron chi connectivity index (χ1n) is 9.57. The fourth-order valence-electron chi connectivity index (χ4n) is 3.18. The SMILES string of the molecule is CC(C)(C)N1C(=O)c2ccc(C(=O)Nc3ccc(CNC(=O)C(F)(F)F)cc3)cc2C1=O. The van der Waals surface area contributed by atoms with E-state index in [9.17, 15) is 32.3 Å². The van der Waals surface area contributed by atoms with Crippen LogP contribution in [-0.2, 0) is 11.3 Å². The molecule has 32 heavy (non-hydrogen) atoms. The Morgan fingerprint density at radius 1 is 0.906 bits per heavy atom. The van der Waals surface area contributed by atoms with Gasteiger partial charge in [0.1, 0.15) is 0 Å². The van der Waals surface area contributed by atoms with Gasteiger partial charge in [-0.05, 0) is 56.7 Å². The molecule has 3 rings (SSSR count). The summed E-state index contributed by atoms with van der Waals surface area (Å²) in [6.45, 7) is 4.89. The summed E-state index contributed by atoms with van der Waals surface area (Å²) >= 11 is 0. The zero-order valence-corrected chi connectivity index (χ0v) is 17.5. The van der Waals surface area contributed by atoms with Crippen molar-refractivity contribution < 1.29 is 32.3 Å². The number of anilines is 1. The molecule has 168 valence electrons. The lowest BCUT2D eigenvalue weighted by Gasteiger charge is -2.29. The molecule has 0 unspecified atom stereocenters. The highest BCUT2D eigenvalue weighted by Gasteiger charge is 2.42. The van der Waals surface area contributed by atoms with Crippen molar-refractivity contribution in [1.29, 1.82) is 0 Å². The van der Waals surface area contributed by atoms with E-state index in [1.54, 1.807) is 26.1 Å². The van der Waals surface area contributed by atoms with Gasteiger partial charge in [-0.2, -0.15) is 13.2 Å². The van der Waals surface area contributed by atoms with Crippen LogP contribution in [0.25, 0.3) is 0 Å². The molecular formula is C22H20F3N3O4. The molecule has 2 aromatic rings. The normalized spacial score (nSPS) is 13.8. The van der Waals surface area contributed by atoms with Gasteiger partial charge in [-0.1, -0.05) is 12.1 Å². The van der Waals surface area contributed by atoms with Gasteiger partial charge < -0.3 is 10.6 Å². The van der Waals surface area contributed by atoms with E-state index in [1.165, 1.54) is 42.5 Å². The molecule has 1 aliphatic rings. The van der Waals surface area contributed by atoms with Crippen LogP contribution >= 0.6 is 0 Å². The molecule has 0 aromatic heterocycles. The number of amides is 4. The monoisotopic (exact) mass is 447 g/mol. The Kier molecular flexibility index (Phi) is 5.82. The molecule has 2 N–H and O–H groups in total. The van der Waals surface area contributed by atoms with Crippen molar-refractivity contribution in [3.63, 3.8) is 0 Å². The molecule has 1 aliphatic heterocycles. The quantitative estimate of drug-likeness (QED) is 0.702. The molecule has 2 aromatic carbocycles. The Labute approximate surface area is 181 Å². The molecule has 7 nitrogen and oxygen atoms in total. The maximum atomic E-state index is 12.7. The minimum Gasteiger partial charge on any atom is -0.344 e. The predicted octanol–water partition coefficient (Wildman–Crippen LogP) is 3.51. The lowest BCUT2D eigenvalue weighted by atomic mass is 10.1. The highest BCUT2D eigenvalue weighted by molar-refractivity contribution is 6.22. The number of carbonyl (C=O) groups excluding carboxylic acids is 4. The minimum atomic E-state index is -4.96. The number of alkyl halides is 3. The van der Waals surface area contributed by atoms with Crippen LogP contribution in [0.1, 0.15) is 57.4 Å². The average Bonchev–Trinajstić information content (AvgIpc) is 2.96. The number of nitrogens with one attached hydrogen (secondary N) is 2. The summed E-state index contributed by atoms with van der Waals surface area (Å²) < 4.78 is 36.7. The third-order valence-electron chi connectivity index (χ3n) is 4.74. The maximum absolute atomic E-state index is 12.7. The van der Waals surface area contributed by atoms with Crippen molar-refractivity contribution in [2.24, 2.45) is 0 Å². The summed E-state index contributed by atoms with van der Waals surface area (Å²) in [4.78, 5) is 49.8. The molecule has 0 fully saturated rings. The predicted molar refractivity (Wildman–Crippen MR) is 109 cm³/mol. The highest BCUT2D eigenvalue weighted by atomic mass is 19.4. The first-order chi connectivity index (χ1) is 14.8. The van der Waals surface area contributed by atoms with E-state index in [0.717, 1.165) is 4.90 Å². The number of nitrogens with zero attached hydrogens (tertiary/aromatic N) is 1. The Hall–Kier alpha value is -3.69. The van der Waals surface area contributed by atoms with Crippen molar-refractivity contribution >= 4 is 29.3 Å². The highest BCUT2D eigenvalue weighted by Crippen LogP contribution is 2.30. The zero-order valence-electron chi connectivity index (χ0n) is 17.5. The van der Waals surface area contributed by atoms with Crippen molar-refractivity contribution in [2.75, 3.05) is 5.32 Å². The first kappa shape index (κ1) is 23.0. The van der Waals surface area contributed by atoms with Gasteiger partial charge in [0.05, 0.1) is 11.1 Å². The standard InChI is InChI=1S/C22H20F3N3O4/c1-21(2,3)28-18(30)15-9-6-13(10-16(15)19(28)31)17(29)27-14-7-4-12(5-8-14)11-26-20(32)22(23,24)25/h4-10H,11H2,1-3H3,(H,26,32)(H,27,29). The van der Waals surface area contributed by atoms with Gasteiger partial charge in [0.2, 0.25) is 0 Å². The van der Waals surface area contributed by atoms with Gasteiger partial charge in [-0.25, -0.2) is 0 Å². The largest absolute Gasteiger partial charge is 0.471 e. The van der Waals surface area contributed by atoms with E-state index < -0.39 is 35.3 Å². The molecule has 0 bridgehead atoms. The lowest BCUT2D eigenvalue weighted by Crippen LogP contribution is -2.45. The van der Waals surface area contributed by atoms with Gasteiger partial charge in [0.25, 0.3) is 17.7 Å². The van der Waals surface area contributed by atoms with Crippen LogP contribution < -0.4 is 10.6 Å². The van der Waals surface area contributed by atoms with E-state index in [4.69, 9.17) is 0 Å². The van der Waals surface area contributed by atoms with Crippen LogP contribution in [0.5, 0.6) is 0 Å². The summed E-state index contributed by atoms with van der Waals surface area (Å²) in [6, 6.07) is 10.1. The van der Waals surface area contributed by atoms with Gasteiger partial charge in [-0.15, -0.1) is 0 Å². The van der Waals surface area contributed by atoms with E-state index >= 15 is 0 Å². The number of hydrogen-bond donors (Lipinski definition) is 2. The molecule has 0 saturated heterocycles. The van der Waals surface area contributed by atoms with Crippen molar-refractivity contribution in [2.45, 2.75) is 39.0 Å². The molecule has 4 amide bonds. The molecule has 0 aliphatic carbocycles. The van der Waals surface area contributed by atoms with Crippen LogP contribution in [0.3, 0.4) is 0 Å². The number of carbonyl (C=O) groups is 4. The second-order valence-electron chi connectivity index (χ2n) is 8.21. The number of fused-ring (bicyclic) bond motifs is 1. The van der Waals surface area contributed by atoms with Crippen LogP contribution in [0.4, 0.5) is 18.9 Å². The van der Waals surface area contributed by atoms with Gasteiger partial charge in [0.15, 0.2) is 0 Å². The van der Waals surface area contributed by atoms with Crippen LogP contribution in [0.15, 0.2) is 42.5 Å². The molecule has 0 spiro atoms. The van der Waals surface area contributed by atoms with Crippen molar-refractivity contribution in [1.82, 2.24) is 10.2 Å². The van der Waals surface area contributed by atoms with Crippen molar-refractivity contribution in [3.05, 3.63) is 64.7 Å². The van der Waals surface area contributed by atoms with E-state index in [0.29, 0.717) is 11.3 Å². The third kappa shape index (κ3) is 4.63. The summed E-state index contributed by atoms with van der Waals surface area (Å²) in [6.07, 6.45) is -4.96. The lowest BCUT2D eigenvalue weighted by molar-refractivity contribution is -0.173. The molecule has 0 atom stereocenters. The van der Waals surface area contributed by atoms with E-state index in [2.05, 4.69) is 5.32 Å². The van der Waals surface area contributed by atoms with Crippen molar-refractivity contribution in [3.8, 4) is 0 Å². The Morgan fingerprint density at radius 3 is 2.06 bits per heavy atom. The molecule has 0 saturated carbocycles. The second kappa shape index (κ2) is 8.10. The maximum Gasteiger partial charge on any atom is 0.471 e.